The van der Waals surface area contributed by atoms with E-state index in [1.165, 1.54) is 5.56 Å². The average Bonchev–Trinajstić information content (AvgIpc) is 2.44. The molecule has 0 saturated carbocycles. The van der Waals surface area contributed by atoms with Crippen LogP contribution in [0.3, 0.4) is 0 Å². The second-order valence-electron chi connectivity index (χ2n) is 5.00. The predicted molar refractivity (Wildman–Crippen MR) is 75.3 cm³/mol. The van der Waals surface area contributed by atoms with E-state index in [9.17, 15) is 4.79 Å². The minimum atomic E-state index is 0.118. The fourth-order valence-corrected chi connectivity index (χ4v) is 2.27. The number of rotatable bonds is 5. The third-order valence-electron chi connectivity index (χ3n) is 3.33. The molecule has 0 radical (unpaired) electrons. The maximum Gasteiger partial charge on any atom is 0.224 e. The van der Waals surface area contributed by atoms with E-state index in [-0.39, 0.29) is 11.8 Å². The molecule has 1 aromatic carbocycles. The van der Waals surface area contributed by atoms with Gasteiger partial charge in [0.2, 0.25) is 5.91 Å². The number of aryl methyl sites for hydroxylation is 1. The lowest BCUT2D eigenvalue weighted by Crippen LogP contribution is -2.41. The summed E-state index contributed by atoms with van der Waals surface area (Å²) in [6.07, 6.45) is 2.06. The van der Waals surface area contributed by atoms with Gasteiger partial charge in [0.1, 0.15) is 12.4 Å². The first kappa shape index (κ1) is 13.9. The number of nitrogens with one attached hydrogen (secondary N) is 2. The Morgan fingerprint density at radius 3 is 3.16 bits per heavy atom. The Labute approximate surface area is 114 Å². The first-order valence-corrected chi connectivity index (χ1v) is 6.93. The Kier molecular flexibility index (Phi) is 5.21. The normalized spacial score (nSPS) is 18.9. The average molecular weight is 262 g/mol. The van der Waals surface area contributed by atoms with E-state index in [1.807, 2.05) is 31.2 Å². The van der Waals surface area contributed by atoms with Gasteiger partial charge in [0.05, 0.1) is 12.5 Å². The summed E-state index contributed by atoms with van der Waals surface area (Å²) < 4.78 is 5.59. The molecule has 4 heteroatoms. The maximum absolute atomic E-state index is 11.9. The van der Waals surface area contributed by atoms with Crippen LogP contribution in [0.4, 0.5) is 0 Å². The van der Waals surface area contributed by atoms with Gasteiger partial charge in [0.15, 0.2) is 0 Å². The lowest BCUT2D eigenvalue weighted by molar-refractivity contribution is -0.125. The highest BCUT2D eigenvalue weighted by molar-refractivity contribution is 5.78. The van der Waals surface area contributed by atoms with Crippen LogP contribution in [0.5, 0.6) is 5.75 Å². The molecule has 4 nitrogen and oxygen atoms in total. The number of piperidine rings is 1. The molecule has 1 fully saturated rings. The van der Waals surface area contributed by atoms with Gasteiger partial charge in [0, 0.05) is 6.54 Å². The lowest BCUT2D eigenvalue weighted by Gasteiger charge is -2.21. The van der Waals surface area contributed by atoms with E-state index in [1.54, 1.807) is 0 Å². The summed E-state index contributed by atoms with van der Waals surface area (Å²) in [4.78, 5) is 11.9. The molecule has 2 N–H and O–H groups in total. The van der Waals surface area contributed by atoms with Crippen LogP contribution in [-0.4, -0.2) is 32.1 Å². The molecule has 1 heterocycles. The van der Waals surface area contributed by atoms with Crippen molar-refractivity contribution in [3.63, 3.8) is 0 Å². The fourth-order valence-electron chi connectivity index (χ4n) is 2.27. The summed E-state index contributed by atoms with van der Waals surface area (Å²) in [7, 11) is 0. The van der Waals surface area contributed by atoms with E-state index >= 15 is 0 Å². The molecule has 0 aliphatic carbocycles. The Morgan fingerprint density at radius 1 is 1.53 bits per heavy atom. The van der Waals surface area contributed by atoms with Crippen molar-refractivity contribution in [2.24, 2.45) is 5.92 Å². The molecule has 0 aromatic heterocycles. The van der Waals surface area contributed by atoms with Crippen molar-refractivity contribution < 1.29 is 9.53 Å². The topological polar surface area (TPSA) is 50.4 Å². The number of hydrogen-bond acceptors (Lipinski definition) is 3. The molecule has 0 bridgehead atoms. The van der Waals surface area contributed by atoms with Crippen molar-refractivity contribution in [3.05, 3.63) is 29.8 Å². The quantitative estimate of drug-likeness (QED) is 0.790. The summed E-state index contributed by atoms with van der Waals surface area (Å²) in [5, 5.41) is 6.18. The summed E-state index contributed by atoms with van der Waals surface area (Å²) >= 11 is 0. The first-order valence-electron chi connectivity index (χ1n) is 6.93. The van der Waals surface area contributed by atoms with Crippen LogP contribution in [0.1, 0.15) is 18.4 Å². The van der Waals surface area contributed by atoms with E-state index in [2.05, 4.69) is 10.6 Å². The molecular formula is C15H22N2O2. The Bertz CT molecular complexity index is 414. The lowest BCUT2D eigenvalue weighted by atomic mass is 9.99. The van der Waals surface area contributed by atoms with Crippen LogP contribution in [0.15, 0.2) is 24.3 Å². The Balaban J connectivity index is 1.65. The van der Waals surface area contributed by atoms with Crippen LogP contribution in [0, 0.1) is 12.8 Å². The van der Waals surface area contributed by atoms with Crippen molar-refractivity contribution >= 4 is 5.91 Å². The standard InChI is InChI=1S/C15H22N2O2/c1-12-4-2-6-14(10-12)19-9-8-17-15(18)13-5-3-7-16-11-13/h2,4,6,10,13,16H,3,5,7-9,11H2,1H3,(H,17,18)/t13-/m1/s1. The zero-order valence-electron chi connectivity index (χ0n) is 11.4. The van der Waals surface area contributed by atoms with Gasteiger partial charge in [0.25, 0.3) is 0 Å². The van der Waals surface area contributed by atoms with Crippen molar-refractivity contribution in [3.8, 4) is 5.75 Å². The van der Waals surface area contributed by atoms with Gasteiger partial charge < -0.3 is 15.4 Å². The number of carbonyl (C=O) groups excluding carboxylic acids is 1. The monoisotopic (exact) mass is 262 g/mol. The summed E-state index contributed by atoms with van der Waals surface area (Å²) in [5.41, 5.74) is 1.18. The summed E-state index contributed by atoms with van der Waals surface area (Å²) in [5.74, 6) is 1.11. The van der Waals surface area contributed by atoms with Gasteiger partial charge in [-0.3, -0.25) is 4.79 Å². The number of amides is 1. The highest BCUT2D eigenvalue weighted by Gasteiger charge is 2.20. The van der Waals surface area contributed by atoms with Crippen molar-refractivity contribution in [2.45, 2.75) is 19.8 Å². The highest BCUT2D eigenvalue weighted by atomic mass is 16.5. The van der Waals surface area contributed by atoms with Gasteiger partial charge in [-0.05, 0) is 44.0 Å². The van der Waals surface area contributed by atoms with Crippen LogP contribution < -0.4 is 15.4 Å². The van der Waals surface area contributed by atoms with Crippen LogP contribution in [0.2, 0.25) is 0 Å². The molecule has 1 aliphatic rings. The minimum absolute atomic E-state index is 0.118. The molecule has 104 valence electrons. The number of hydrogen-bond donors (Lipinski definition) is 2. The molecule has 0 unspecified atom stereocenters. The smallest absolute Gasteiger partial charge is 0.224 e. The van der Waals surface area contributed by atoms with Gasteiger partial charge in [-0.1, -0.05) is 12.1 Å². The van der Waals surface area contributed by atoms with Crippen LogP contribution in [0.25, 0.3) is 0 Å². The molecule has 2 rings (SSSR count). The minimum Gasteiger partial charge on any atom is -0.492 e. The van der Waals surface area contributed by atoms with Crippen molar-refractivity contribution in [1.29, 1.82) is 0 Å². The van der Waals surface area contributed by atoms with E-state index < -0.39 is 0 Å². The zero-order valence-corrected chi connectivity index (χ0v) is 11.4. The van der Waals surface area contributed by atoms with Gasteiger partial charge in [-0.15, -0.1) is 0 Å². The fraction of sp³-hybridized carbons (Fsp3) is 0.533. The van der Waals surface area contributed by atoms with Crippen molar-refractivity contribution in [2.75, 3.05) is 26.2 Å². The van der Waals surface area contributed by atoms with Crippen LogP contribution in [-0.2, 0) is 4.79 Å². The summed E-state index contributed by atoms with van der Waals surface area (Å²) in [6.45, 7) is 4.92. The molecule has 19 heavy (non-hydrogen) atoms. The zero-order chi connectivity index (χ0) is 13.5. The van der Waals surface area contributed by atoms with E-state index in [0.29, 0.717) is 13.2 Å². The third kappa shape index (κ3) is 4.56. The van der Waals surface area contributed by atoms with Crippen LogP contribution >= 0.6 is 0 Å². The largest absolute Gasteiger partial charge is 0.492 e. The first-order chi connectivity index (χ1) is 9.25. The number of ether oxygens (including phenoxy) is 1. The van der Waals surface area contributed by atoms with Crippen molar-refractivity contribution in [1.82, 2.24) is 10.6 Å². The van der Waals surface area contributed by atoms with Gasteiger partial charge in [-0.25, -0.2) is 0 Å². The second-order valence-corrected chi connectivity index (χ2v) is 5.00. The molecule has 1 saturated heterocycles. The molecule has 1 atom stereocenters. The molecule has 0 spiro atoms. The Morgan fingerprint density at radius 2 is 2.42 bits per heavy atom. The third-order valence-corrected chi connectivity index (χ3v) is 3.33. The predicted octanol–water partition coefficient (Wildman–Crippen LogP) is 1.49. The second kappa shape index (κ2) is 7.14. The molecule has 1 amide bonds. The molecule has 1 aromatic rings. The molecule has 1 aliphatic heterocycles. The Hall–Kier alpha value is -1.55. The van der Waals surface area contributed by atoms with E-state index in [0.717, 1.165) is 31.7 Å². The SMILES string of the molecule is Cc1cccc(OCCNC(=O)[C@@H]2CCCNC2)c1. The number of benzene rings is 1. The highest BCUT2D eigenvalue weighted by Crippen LogP contribution is 2.12. The maximum atomic E-state index is 11.9. The van der Waals surface area contributed by atoms with Gasteiger partial charge >= 0.3 is 0 Å². The van der Waals surface area contributed by atoms with E-state index in [4.69, 9.17) is 4.74 Å². The number of carbonyl (C=O) groups is 1. The van der Waals surface area contributed by atoms with Gasteiger partial charge in [-0.2, -0.15) is 0 Å². The molecular weight excluding hydrogens is 240 g/mol. The summed E-state index contributed by atoms with van der Waals surface area (Å²) in [6, 6.07) is 7.93.